The molecule has 1 aromatic heterocycles. The van der Waals surface area contributed by atoms with Crippen LogP contribution >= 0.6 is 11.6 Å². The van der Waals surface area contributed by atoms with E-state index in [4.69, 9.17) is 22.3 Å². The maximum absolute atomic E-state index is 6.30. The Kier molecular flexibility index (Phi) is 8.08. The molecule has 162 valence electrons. The molecule has 7 heteroatoms. The molecule has 0 radical (unpaired) electrons. The lowest BCUT2D eigenvalue weighted by molar-refractivity contribution is 0.428. The molecule has 0 saturated carbocycles. The molecule has 1 aliphatic heterocycles. The first-order valence-corrected chi connectivity index (χ1v) is 11.1. The third-order valence-electron chi connectivity index (χ3n) is 5.56. The van der Waals surface area contributed by atoms with Crippen molar-refractivity contribution in [3.05, 3.63) is 46.4 Å². The quantitative estimate of drug-likeness (QED) is 0.556. The second-order valence-corrected chi connectivity index (χ2v) is 8.06. The van der Waals surface area contributed by atoms with Crippen LogP contribution in [0.4, 0.5) is 0 Å². The van der Waals surface area contributed by atoms with Crippen LogP contribution < -0.4 is 16.4 Å². The Bertz CT molecular complexity index is 909. The number of aromatic nitrogens is 2. The number of nitrogens with one attached hydrogen (secondary N) is 2. The Morgan fingerprint density at radius 2 is 2.17 bits per heavy atom. The van der Waals surface area contributed by atoms with Crippen LogP contribution in [0.25, 0.3) is 17.0 Å². The highest BCUT2D eigenvalue weighted by Crippen LogP contribution is 2.35. The number of hydrogen-bond donors (Lipinski definition) is 3. The smallest absolute Gasteiger partial charge is 0.113 e. The fourth-order valence-corrected chi connectivity index (χ4v) is 4.16. The highest BCUT2D eigenvalue weighted by molar-refractivity contribution is 6.31. The molecule has 30 heavy (non-hydrogen) atoms. The van der Waals surface area contributed by atoms with E-state index in [1.807, 2.05) is 26.1 Å². The predicted octanol–water partition coefficient (Wildman–Crippen LogP) is 3.94. The average molecular weight is 429 g/mol. The Morgan fingerprint density at radius 3 is 2.80 bits per heavy atom. The summed E-state index contributed by atoms with van der Waals surface area (Å²) >= 11 is 6.30. The minimum Gasteiger partial charge on any atom is -0.386 e. The second-order valence-electron chi connectivity index (χ2n) is 7.65. The van der Waals surface area contributed by atoms with Gasteiger partial charge in [-0.25, -0.2) is 4.98 Å². The minimum atomic E-state index is 0.269. The molecule has 1 saturated heterocycles. The van der Waals surface area contributed by atoms with Gasteiger partial charge in [-0.05, 0) is 63.0 Å². The summed E-state index contributed by atoms with van der Waals surface area (Å²) in [5.41, 5.74) is 10.7. The third-order valence-corrected chi connectivity index (χ3v) is 5.98. The van der Waals surface area contributed by atoms with Crippen molar-refractivity contribution in [3.8, 4) is 11.3 Å². The molecular formula is C23H33ClN6. The molecule has 3 rings (SSSR count). The summed E-state index contributed by atoms with van der Waals surface area (Å²) in [4.78, 5) is 9.40. The van der Waals surface area contributed by atoms with Crippen molar-refractivity contribution in [1.29, 1.82) is 0 Å². The molecule has 0 atom stereocenters. The van der Waals surface area contributed by atoms with E-state index in [-0.39, 0.29) is 6.67 Å². The highest BCUT2D eigenvalue weighted by atomic mass is 35.5. The molecule has 0 bridgehead atoms. The lowest BCUT2D eigenvalue weighted by Crippen LogP contribution is -2.28. The molecule has 1 aromatic carbocycles. The molecule has 0 spiro atoms. The van der Waals surface area contributed by atoms with Crippen molar-refractivity contribution in [2.75, 3.05) is 26.8 Å². The number of imidazole rings is 1. The maximum atomic E-state index is 6.30. The first-order valence-electron chi connectivity index (χ1n) is 10.8. The van der Waals surface area contributed by atoms with Gasteiger partial charge in [-0.1, -0.05) is 24.6 Å². The number of hydrogen-bond acceptors (Lipinski definition) is 5. The van der Waals surface area contributed by atoms with E-state index in [0.717, 1.165) is 72.1 Å². The number of aliphatic imine (C=N–C) groups is 1. The van der Waals surface area contributed by atoms with Crippen LogP contribution in [-0.4, -0.2) is 42.6 Å². The summed E-state index contributed by atoms with van der Waals surface area (Å²) in [6.07, 6.45) is 6.98. The summed E-state index contributed by atoms with van der Waals surface area (Å²) in [5.74, 6) is 1.63. The van der Waals surface area contributed by atoms with Gasteiger partial charge in [0.1, 0.15) is 5.82 Å². The van der Waals surface area contributed by atoms with Crippen LogP contribution in [0.3, 0.4) is 0 Å². The standard InChI is InChI=1S/C23H33ClN6/c1-4-13-30-22(20(26-3)9-12-28-15-25)21(18-5-6-19(24)16(2)14-18)29-23(30)17-7-10-27-11-8-17/h5-6,9,12,14,17,26-27H,4,7-8,10-11,13,15,25H2,1-3H3/b20-9-,28-12-. The van der Waals surface area contributed by atoms with E-state index in [1.54, 1.807) is 6.21 Å². The fraction of sp³-hybridized carbons (Fsp3) is 0.478. The highest BCUT2D eigenvalue weighted by Gasteiger charge is 2.27. The molecule has 4 N–H and O–H groups in total. The number of nitrogens with two attached hydrogens (primary N) is 1. The second kappa shape index (κ2) is 10.8. The molecule has 0 aliphatic carbocycles. The van der Waals surface area contributed by atoms with E-state index in [2.05, 4.69) is 39.2 Å². The Morgan fingerprint density at radius 1 is 1.40 bits per heavy atom. The van der Waals surface area contributed by atoms with Crippen molar-refractivity contribution in [2.24, 2.45) is 10.7 Å². The van der Waals surface area contributed by atoms with Gasteiger partial charge in [0.2, 0.25) is 0 Å². The van der Waals surface area contributed by atoms with Gasteiger partial charge in [-0.3, -0.25) is 4.99 Å². The summed E-state index contributed by atoms with van der Waals surface area (Å²) in [7, 11) is 1.94. The molecular weight excluding hydrogens is 396 g/mol. The molecule has 2 heterocycles. The lowest BCUT2D eigenvalue weighted by atomic mass is 9.97. The number of nitrogens with zero attached hydrogens (tertiary/aromatic N) is 3. The number of halogens is 1. The number of aryl methyl sites for hydroxylation is 1. The zero-order chi connectivity index (χ0) is 21.5. The molecule has 0 amide bonds. The fourth-order valence-electron chi connectivity index (χ4n) is 4.05. The summed E-state index contributed by atoms with van der Waals surface area (Å²) < 4.78 is 2.40. The van der Waals surface area contributed by atoms with Crippen LogP contribution in [0.1, 0.15) is 49.2 Å². The van der Waals surface area contributed by atoms with Gasteiger partial charge in [0.05, 0.1) is 23.8 Å². The van der Waals surface area contributed by atoms with Crippen molar-refractivity contribution in [3.63, 3.8) is 0 Å². The largest absolute Gasteiger partial charge is 0.386 e. The number of allylic oxidation sites excluding steroid dienone is 1. The number of rotatable bonds is 8. The van der Waals surface area contributed by atoms with Crippen LogP contribution in [-0.2, 0) is 6.54 Å². The topological polar surface area (TPSA) is 80.3 Å². The van der Waals surface area contributed by atoms with E-state index >= 15 is 0 Å². The molecule has 0 unspecified atom stereocenters. The van der Waals surface area contributed by atoms with Crippen LogP contribution in [0.5, 0.6) is 0 Å². The maximum Gasteiger partial charge on any atom is 0.113 e. The first kappa shape index (κ1) is 22.5. The number of benzene rings is 1. The van der Waals surface area contributed by atoms with E-state index in [0.29, 0.717) is 5.92 Å². The molecule has 2 aromatic rings. The monoisotopic (exact) mass is 428 g/mol. The summed E-state index contributed by atoms with van der Waals surface area (Å²) in [6.45, 7) is 7.50. The van der Waals surface area contributed by atoms with Crippen molar-refractivity contribution in [1.82, 2.24) is 20.2 Å². The average Bonchev–Trinajstić information content (AvgIpc) is 3.13. The normalized spacial score (nSPS) is 15.8. The summed E-state index contributed by atoms with van der Waals surface area (Å²) in [5, 5.41) is 7.59. The zero-order valence-electron chi connectivity index (χ0n) is 18.2. The van der Waals surface area contributed by atoms with Gasteiger partial charge < -0.3 is 20.9 Å². The van der Waals surface area contributed by atoms with Crippen molar-refractivity contribution in [2.45, 2.75) is 45.6 Å². The minimum absolute atomic E-state index is 0.269. The first-order chi connectivity index (χ1) is 14.6. The predicted molar refractivity (Wildman–Crippen MR) is 127 cm³/mol. The Labute approximate surface area is 184 Å². The summed E-state index contributed by atoms with van der Waals surface area (Å²) in [6, 6.07) is 6.14. The van der Waals surface area contributed by atoms with Crippen molar-refractivity contribution >= 4 is 23.5 Å². The SMILES string of the molecule is CCCn1c(C2CCNCC2)nc(-c2ccc(Cl)c(C)c2)c1/C(=C/C=N\CN)NC. The molecule has 1 aliphatic rings. The van der Waals surface area contributed by atoms with Crippen molar-refractivity contribution < 1.29 is 0 Å². The van der Waals surface area contributed by atoms with Crippen LogP contribution in [0.2, 0.25) is 5.02 Å². The third kappa shape index (κ3) is 4.94. The van der Waals surface area contributed by atoms with E-state index < -0.39 is 0 Å². The van der Waals surface area contributed by atoms with Crippen LogP contribution in [0, 0.1) is 6.92 Å². The number of piperidine rings is 1. The van der Waals surface area contributed by atoms with E-state index in [9.17, 15) is 0 Å². The van der Waals surface area contributed by atoms with Gasteiger partial charge in [-0.2, -0.15) is 0 Å². The van der Waals surface area contributed by atoms with Crippen LogP contribution in [0.15, 0.2) is 29.3 Å². The van der Waals surface area contributed by atoms with E-state index in [1.165, 1.54) is 5.82 Å². The van der Waals surface area contributed by atoms with Gasteiger partial charge >= 0.3 is 0 Å². The van der Waals surface area contributed by atoms with Gasteiger partial charge in [0.15, 0.2) is 0 Å². The molecule has 6 nitrogen and oxygen atoms in total. The molecule has 1 fully saturated rings. The lowest BCUT2D eigenvalue weighted by Gasteiger charge is -2.24. The van der Waals surface area contributed by atoms with Gasteiger partial charge in [-0.15, -0.1) is 0 Å². The Hall–Kier alpha value is -2.15. The van der Waals surface area contributed by atoms with Gasteiger partial charge in [0, 0.05) is 36.3 Å². The zero-order valence-corrected chi connectivity index (χ0v) is 19.0. The Balaban J connectivity index is 2.23. The van der Waals surface area contributed by atoms with Gasteiger partial charge in [0.25, 0.3) is 0 Å².